The molecule has 5 rings (SSSR count). The first-order chi connectivity index (χ1) is 15.7. The lowest BCUT2D eigenvalue weighted by molar-refractivity contribution is 0.174. The molecule has 168 valence electrons. The van der Waals surface area contributed by atoms with Gasteiger partial charge in [0.2, 0.25) is 6.79 Å². The average Bonchev–Trinajstić information content (AvgIpc) is 3.46. The molecule has 1 fully saturated rings. The second-order valence-electron chi connectivity index (χ2n) is 8.26. The van der Waals surface area contributed by atoms with E-state index >= 15 is 0 Å². The zero-order valence-corrected chi connectivity index (χ0v) is 18.1. The molecule has 8 nitrogen and oxygen atoms in total. The van der Waals surface area contributed by atoms with Crippen LogP contribution in [0.3, 0.4) is 0 Å². The van der Waals surface area contributed by atoms with E-state index in [2.05, 4.69) is 20.9 Å². The molecule has 3 heterocycles. The number of fused-ring (bicyclic) bond motifs is 2. The molecule has 32 heavy (non-hydrogen) atoms. The molecule has 2 amide bonds. The highest BCUT2D eigenvalue weighted by Gasteiger charge is 2.24. The zero-order valence-electron chi connectivity index (χ0n) is 18.1. The third-order valence-electron chi connectivity index (χ3n) is 6.32. The van der Waals surface area contributed by atoms with Crippen molar-refractivity contribution in [2.24, 2.45) is 5.73 Å². The van der Waals surface area contributed by atoms with Crippen LogP contribution in [0.25, 0.3) is 10.9 Å². The summed E-state index contributed by atoms with van der Waals surface area (Å²) in [7, 11) is 0. The third-order valence-corrected chi connectivity index (χ3v) is 6.32. The predicted octanol–water partition coefficient (Wildman–Crippen LogP) is 3.38. The largest absolute Gasteiger partial charge is 0.454 e. The first-order valence-corrected chi connectivity index (χ1v) is 11.2. The Bertz CT molecular complexity index is 1090. The number of H-pyrrole nitrogens is 1. The van der Waals surface area contributed by atoms with E-state index in [1.165, 1.54) is 0 Å². The highest BCUT2D eigenvalue weighted by molar-refractivity contribution is 6.02. The Morgan fingerprint density at radius 3 is 2.72 bits per heavy atom. The fourth-order valence-electron chi connectivity index (χ4n) is 4.61. The number of nitrogens with zero attached hydrogens (tertiary/aromatic N) is 3. The first kappa shape index (κ1) is 20.5. The SMILES string of the molecule is NC(=O)N(CCCCN1CCN(c2cccc3c2OCO3)CC1)c1c[nH]c2ccccc12. The van der Waals surface area contributed by atoms with Crippen molar-refractivity contribution >= 4 is 28.3 Å². The van der Waals surface area contributed by atoms with Crippen molar-refractivity contribution in [1.29, 1.82) is 0 Å². The number of unbranched alkanes of at least 4 members (excludes halogenated alkanes) is 1. The molecule has 1 aromatic heterocycles. The monoisotopic (exact) mass is 435 g/mol. The molecule has 2 aliphatic rings. The minimum absolute atomic E-state index is 0.299. The number of aromatic nitrogens is 1. The molecular weight excluding hydrogens is 406 g/mol. The molecule has 2 aromatic carbocycles. The topological polar surface area (TPSA) is 87.1 Å². The lowest BCUT2D eigenvalue weighted by Crippen LogP contribution is -2.46. The van der Waals surface area contributed by atoms with E-state index in [9.17, 15) is 4.79 Å². The minimum atomic E-state index is -0.412. The number of nitrogens with two attached hydrogens (primary N) is 1. The molecule has 8 heteroatoms. The van der Waals surface area contributed by atoms with Crippen molar-refractivity contribution < 1.29 is 14.3 Å². The van der Waals surface area contributed by atoms with Gasteiger partial charge in [0.15, 0.2) is 11.5 Å². The molecule has 2 aliphatic heterocycles. The Morgan fingerprint density at radius 1 is 1.03 bits per heavy atom. The second-order valence-corrected chi connectivity index (χ2v) is 8.26. The van der Waals surface area contributed by atoms with Crippen LogP contribution < -0.4 is 25.0 Å². The lowest BCUT2D eigenvalue weighted by Gasteiger charge is -2.36. The Morgan fingerprint density at radius 2 is 1.88 bits per heavy atom. The third kappa shape index (κ3) is 4.05. The summed E-state index contributed by atoms with van der Waals surface area (Å²) in [6.07, 6.45) is 3.79. The molecule has 3 N–H and O–H groups in total. The Balaban J connectivity index is 1.11. The number of benzene rings is 2. The van der Waals surface area contributed by atoms with E-state index in [1.807, 2.05) is 42.6 Å². The highest BCUT2D eigenvalue weighted by atomic mass is 16.7. The van der Waals surface area contributed by atoms with E-state index in [0.29, 0.717) is 13.3 Å². The molecule has 0 radical (unpaired) electrons. The van der Waals surface area contributed by atoms with E-state index in [0.717, 1.165) is 79.3 Å². The Kier molecular flexibility index (Phi) is 5.77. The number of amides is 2. The maximum absolute atomic E-state index is 12.1. The Labute approximate surface area is 187 Å². The van der Waals surface area contributed by atoms with Crippen LogP contribution in [0.5, 0.6) is 11.5 Å². The number of carbonyl (C=O) groups excluding carboxylic acids is 1. The number of rotatable bonds is 7. The van der Waals surface area contributed by atoms with Gasteiger partial charge in [-0.1, -0.05) is 24.3 Å². The maximum Gasteiger partial charge on any atom is 0.319 e. The summed E-state index contributed by atoms with van der Waals surface area (Å²) in [4.78, 5) is 21.8. The number of piperazine rings is 1. The van der Waals surface area contributed by atoms with Crippen LogP contribution in [0, 0.1) is 0 Å². The fourth-order valence-corrected chi connectivity index (χ4v) is 4.61. The summed E-state index contributed by atoms with van der Waals surface area (Å²) in [6.45, 7) is 5.86. The van der Waals surface area contributed by atoms with Gasteiger partial charge in [0.25, 0.3) is 0 Å². The van der Waals surface area contributed by atoms with Crippen molar-refractivity contribution in [3.8, 4) is 11.5 Å². The standard InChI is InChI=1S/C24H29N5O3/c25-24(30)29(21-16-26-19-7-2-1-6-18(19)21)11-4-3-10-27-12-14-28(15-13-27)20-8-5-9-22-23(20)32-17-31-22/h1-2,5-9,16,26H,3-4,10-15,17H2,(H2,25,30). The van der Waals surface area contributed by atoms with Crippen molar-refractivity contribution in [3.05, 3.63) is 48.7 Å². The van der Waals surface area contributed by atoms with Gasteiger partial charge in [-0.25, -0.2) is 4.79 Å². The molecule has 0 atom stereocenters. The number of carbonyl (C=O) groups is 1. The van der Waals surface area contributed by atoms with Crippen molar-refractivity contribution in [2.45, 2.75) is 12.8 Å². The van der Waals surface area contributed by atoms with E-state index < -0.39 is 6.03 Å². The smallest absolute Gasteiger partial charge is 0.319 e. The molecule has 0 aliphatic carbocycles. The fraction of sp³-hybridized carbons (Fsp3) is 0.375. The molecule has 0 spiro atoms. The number of hydrogen-bond acceptors (Lipinski definition) is 5. The second kappa shape index (κ2) is 9.00. The minimum Gasteiger partial charge on any atom is -0.454 e. The lowest BCUT2D eigenvalue weighted by atomic mass is 10.2. The number of aromatic amines is 1. The molecule has 0 bridgehead atoms. The average molecular weight is 436 g/mol. The van der Waals surface area contributed by atoms with E-state index in [1.54, 1.807) is 4.90 Å². The van der Waals surface area contributed by atoms with Gasteiger partial charge in [0.05, 0.1) is 11.4 Å². The number of para-hydroxylation sites is 2. The van der Waals surface area contributed by atoms with Gasteiger partial charge in [-0.2, -0.15) is 0 Å². The molecular formula is C24H29N5O3. The highest BCUT2D eigenvalue weighted by Crippen LogP contribution is 2.41. The summed E-state index contributed by atoms with van der Waals surface area (Å²) in [6, 6.07) is 13.6. The van der Waals surface area contributed by atoms with Crippen LogP contribution in [0.1, 0.15) is 12.8 Å². The van der Waals surface area contributed by atoms with Crippen molar-refractivity contribution in [3.63, 3.8) is 0 Å². The van der Waals surface area contributed by atoms with Gasteiger partial charge in [-0.05, 0) is 37.6 Å². The molecule has 0 unspecified atom stereocenters. The number of nitrogens with one attached hydrogen (secondary N) is 1. The normalized spacial score (nSPS) is 15.9. The predicted molar refractivity (Wildman–Crippen MR) is 126 cm³/mol. The quantitative estimate of drug-likeness (QED) is 0.556. The van der Waals surface area contributed by atoms with Gasteiger partial charge in [-0.15, -0.1) is 0 Å². The van der Waals surface area contributed by atoms with Crippen molar-refractivity contribution in [1.82, 2.24) is 9.88 Å². The molecule has 3 aromatic rings. The first-order valence-electron chi connectivity index (χ1n) is 11.2. The van der Waals surface area contributed by atoms with Crippen LogP contribution in [0.2, 0.25) is 0 Å². The zero-order chi connectivity index (χ0) is 21.9. The van der Waals surface area contributed by atoms with E-state index in [4.69, 9.17) is 15.2 Å². The molecule has 1 saturated heterocycles. The van der Waals surface area contributed by atoms with Gasteiger partial charge < -0.3 is 25.1 Å². The van der Waals surface area contributed by atoms with Crippen molar-refractivity contribution in [2.75, 3.05) is 55.9 Å². The van der Waals surface area contributed by atoms with Gasteiger partial charge in [-0.3, -0.25) is 9.80 Å². The summed E-state index contributed by atoms with van der Waals surface area (Å²) in [5.41, 5.74) is 8.67. The van der Waals surface area contributed by atoms with Crippen LogP contribution in [0.15, 0.2) is 48.7 Å². The van der Waals surface area contributed by atoms with Crippen LogP contribution in [0.4, 0.5) is 16.2 Å². The van der Waals surface area contributed by atoms with Gasteiger partial charge in [0, 0.05) is 49.8 Å². The number of primary amides is 1. The number of hydrogen-bond donors (Lipinski definition) is 2. The van der Waals surface area contributed by atoms with Gasteiger partial charge in [0.1, 0.15) is 0 Å². The van der Waals surface area contributed by atoms with Crippen LogP contribution in [-0.4, -0.2) is 62.0 Å². The molecule has 0 saturated carbocycles. The van der Waals surface area contributed by atoms with E-state index in [-0.39, 0.29) is 0 Å². The summed E-state index contributed by atoms with van der Waals surface area (Å²) in [5.74, 6) is 1.70. The Hall–Kier alpha value is -3.39. The van der Waals surface area contributed by atoms with Crippen LogP contribution in [-0.2, 0) is 0 Å². The van der Waals surface area contributed by atoms with Crippen LogP contribution >= 0.6 is 0 Å². The summed E-state index contributed by atoms with van der Waals surface area (Å²) >= 11 is 0. The number of ether oxygens (including phenoxy) is 2. The summed E-state index contributed by atoms with van der Waals surface area (Å²) < 4.78 is 11.2. The maximum atomic E-state index is 12.1. The number of urea groups is 1. The van der Waals surface area contributed by atoms with Gasteiger partial charge >= 0.3 is 6.03 Å². The number of anilines is 2. The summed E-state index contributed by atoms with van der Waals surface area (Å²) in [5, 5.41) is 1.02.